The summed E-state index contributed by atoms with van der Waals surface area (Å²) in [6, 6.07) is 7.48. The van der Waals surface area contributed by atoms with Gasteiger partial charge >= 0.3 is 0 Å². The third-order valence-electron chi connectivity index (χ3n) is 4.45. The van der Waals surface area contributed by atoms with Gasteiger partial charge in [-0.05, 0) is 37.8 Å². The van der Waals surface area contributed by atoms with Crippen LogP contribution in [0.5, 0.6) is 0 Å². The van der Waals surface area contributed by atoms with E-state index in [1.807, 2.05) is 30.0 Å². The van der Waals surface area contributed by atoms with Crippen molar-refractivity contribution in [2.75, 3.05) is 18.1 Å². The number of hydrogen-bond acceptors (Lipinski definition) is 4. The summed E-state index contributed by atoms with van der Waals surface area (Å²) < 4.78 is 0. The number of hydroxylamine groups is 1. The second-order valence-electron chi connectivity index (χ2n) is 6.07. The fraction of sp³-hybridized carbons (Fsp3) is 0.444. The number of amides is 1. The normalized spacial score (nSPS) is 14.7. The zero-order valence-electron chi connectivity index (χ0n) is 14.0. The maximum absolute atomic E-state index is 12.5. The predicted molar refractivity (Wildman–Crippen MR) is 93.1 cm³/mol. The Bertz CT molecular complexity index is 651. The SMILES string of the molecule is CCN(c1ncc[nH]1)c1ccccc1C(=O)NOCC1CCCC1. The van der Waals surface area contributed by atoms with Crippen molar-refractivity contribution in [2.24, 2.45) is 5.92 Å². The molecular weight excluding hydrogens is 304 g/mol. The van der Waals surface area contributed by atoms with Crippen molar-refractivity contribution in [3.8, 4) is 0 Å². The van der Waals surface area contributed by atoms with Gasteiger partial charge in [0.25, 0.3) is 5.91 Å². The van der Waals surface area contributed by atoms with E-state index < -0.39 is 0 Å². The Morgan fingerprint density at radius 1 is 1.38 bits per heavy atom. The van der Waals surface area contributed by atoms with Crippen LogP contribution in [0, 0.1) is 5.92 Å². The molecule has 1 aromatic carbocycles. The van der Waals surface area contributed by atoms with Gasteiger partial charge in [0, 0.05) is 18.9 Å². The van der Waals surface area contributed by atoms with Gasteiger partial charge in [-0.25, -0.2) is 10.5 Å². The van der Waals surface area contributed by atoms with Crippen LogP contribution in [0.3, 0.4) is 0 Å². The van der Waals surface area contributed by atoms with Gasteiger partial charge in [0.2, 0.25) is 5.95 Å². The third-order valence-corrected chi connectivity index (χ3v) is 4.45. The van der Waals surface area contributed by atoms with Gasteiger partial charge in [-0.3, -0.25) is 9.63 Å². The number of nitrogens with one attached hydrogen (secondary N) is 2. The number of aromatic nitrogens is 2. The highest BCUT2D eigenvalue weighted by molar-refractivity contribution is 5.99. The number of anilines is 2. The van der Waals surface area contributed by atoms with Crippen molar-refractivity contribution in [3.63, 3.8) is 0 Å². The van der Waals surface area contributed by atoms with E-state index >= 15 is 0 Å². The number of rotatable bonds is 7. The van der Waals surface area contributed by atoms with E-state index in [0.29, 0.717) is 30.6 Å². The molecule has 0 spiro atoms. The zero-order chi connectivity index (χ0) is 16.8. The number of aromatic amines is 1. The first-order valence-electron chi connectivity index (χ1n) is 8.57. The molecule has 128 valence electrons. The van der Waals surface area contributed by atoms with Crippen LogP contribution in [0.15, 0.2) is 36.7 Å². The molecule has 6 heteroatoms. The Morgan fingerprint density at radius 3 is 2.88 bits per heavy atom. The summed E-state index contributed by atoms with van der Waals surface area (Å²) in [5.74, 6) is 1.05. The minimum atomic E-state index is -0.228. The van der Waals surface area contributed by atoms with Crippen molar-refractivity contribution in [1.82, 2.24) is 15.4 Å². The van der Waals surface area contributed by atoms with E-state index in [4.69, 9.17) is 4.84 Å². The lowest BCUT2D eigenvalue weighted by Crippen LogP contribution is -2.28. The summed E-state index contributed by atoms with van der Waals surface area (Å²) in [4.78, 5) is 27.3. The summed E-state index contributed by atoms with van der Waals surface area (Å²) in [5.41, 5.74) is 3.97. The number of nitrogens with zero attached hydrogens (tertiary/aromatic N) is 2. The average Bonchev–Trinajstić information content (AvgIpc) is 3.30. The van der Waals surface area contributed by atoms with Gasteiger partial charge in [0.05, 0.1) is 17.9 Å². The highest BCUT2D eigenvalue weighted by atomic mass is 16.6. The fourth-order valence-electron chi connectivity index (χ4n) is 3.20. The second kappa shape index (κ2) is 7.97. The van der Waals surface area contributed by atoms with Crippen LogP contribution in [0.25, 0.3) is 0 Å². The molecule has 24 heavy (non-hydrogen) atoms. The molecule has 1 fully saturated rings. The molecule has 0 aliphatic heterocycles. The second-order valence-corrected chi connectivity index (χ2v) is 6.07. The molecule has 1 aliphatic rings. The number of imidazole rings is 1. The van der Waals surface area contributed by atoms with Crippen LogP contribution in [-0.2, 0) is 4.84 Å². The minimum Gasteiger partial charge on any atom is -0.331 e. The van der Waals surface area contributed by atoms with Crippen LogP contribution < -0.4 is 10.4 Å². The van der Waals surface area contributed by atoms with E-state index in [-0.39, 0.29) is 5.91 Å². The Labute approximate surface area is 142 Å². The largest absolute Gasteiger partial charge is 0.331 e. The molecule has 6 nitrogen and oxygen atoms in total. The van der Waals surface area contributed by atoms with Crippen LogP contribution in [0.4, 0.5) is 11.6 Å². The maximum Gasteiger partial charge on any atom is 0.276 e. The Morgan fingerprint density at radius 2 is 2.17 bits per heavy atom. The molecule has 2 aromatic rings. The fourth-order valence-corrected chi connectivity index (χ4v) is 3.20. The highest BCUT2D eigenvalue weighted by Crippen LogP contribution is 2.26. The molecule has 1 heterocycles. The van der Waals surface area contributed by atoms with Gasteiger partial charge in [-0.1, -0.05) is 25.0 Å². The van der Waals surface area contributed by atoms with Crippen molar-refractivity contribution in [1.29, 1.82) is 0 Å². The molecule has 0 radical (unpaired) electrons. The molecule has 1 saturated carbocycles. The van der Waals surface area contributed by atoms with Gasteiger partial charge < -0.3 is 9.88 Å². The summed E-state index contributed by atoms with van der Waals surface area (Å²) in [6.45, 7) is 3.30. The summed E-state index contributed by atoms with van der Waals surface area (Å²) in [6.07, 6.45) is 8.37. The van der Waals surface area contributed by atoms with Crippen molar-refractivity contribution >= 4 is 17.5 Å². The average molecular weight is 328 g/mol. The van der Waals surface area contributed by atoms with Crippen LogP contribution >= 0.6 is 0 Å². The number of para-hydroxylation sites is 1. The Hall–Kier alpha value is -2.34. The van der Waals surface area contributed by atoms with Crippen LogP contribution in [0.2, 0.25) is 0 Å². The molecule has 0 unspecified atom stereocenters. The molecule has 0 saturated heterocycles. The molecule has 3 rings (SSSR count). The van der Waals surface area contributed by atoms with Crippen molar-refractivity contribution in [2.45, 2.75) is 32.6 Å². The quantitative estimate of drug-likeness (QED) is 0.764. The Balaban J connectivity index is 1.69. The maximum atomic E-state index is 12.5. The molecule has 0 bridgehead atoms. The van der Waals surface area contributed by atoms with Crippen LogP contribution in [-0.4, -0.2) is 29.0 Å². The van der Waals surface area contributed by atoms with E-state index in [9.17, 15) is 4.79 Å². The standard InChI is InChI=1S/C18H24N4O2/c1-2-22(18-19-11-12-20-18)16-10-6-5-9-15(16)17(23)21-24-13-14-7-3-4-8-14/h5-6,9-12,14H,2-4,7-8,13H2,1H3,(H,19,20)(H,21,23). The van der Waals surface area contributed by atoms with E-state index in [1.54, 1.807) is 18.5 Å². The molecule has 0 atom stereocenters. The lowest BCUT2D eigenvalue weighted by molar-refractivity contribution is 0.0172. The first kappa shape index (κ1) is 16.5. The van der Waals surface area contributed by atoms with Gasteiger partial charge in [-0.2, -0.15) is 0 Å². The molecule has 1 aliphatic carbocycles. The lowest BCUT2D eigenvalue weighted by Gasteiger charge is -2.22. The molecule has 1 aromatic heterocycles. The number of benzene rings is 1. The Kier molecular flexibility index (Phi) is 5.48. The highest BCUT2D eigenvalue weighted by Gasteiger charge is 2.19. The smallest absolute Gasteiger partial charge is 0.276 e. The summed E-state index contributed by atoms with van der Waals surface area (Å²) >= 11 is 0. The van der Waals surface area contributed by atoms with E-state index in [0.717, 1.165) is 5.69 Å². The first-order valence-corrected chi connectivity index (χ1v) is 8.57. The van der Waals surface area contributed by atoms with E-state index in [2.05, 4.69) is 15.4 Å². The van der Waals surface area contributed by atoms with Crippen molar-refractivity contribution in [3.05, 3.63) is 42.2 Å². The number of hydrogen-bond donors (Lipinski definition) is 2. The molecular formula is C18H24N4O2. The minimum absolute atomic E-state index is 0.228. The summed E-state index contributed by atoms with van der Waals surface area (Å²) in [5, 5.41) is 0. The zero-order valence-corrected chi connectivity index (χ0v) is 14.0. The van der Waals surface area contributed by atoms with E-state index in [1.165, 1.54) is 25.7 Å². The lowest BCUT2D eigenvalue weighted by atomic mass is 10.1. The molecule has 1 amide bonds. The number of carbonyl (C=O) groups is 1. The van der Waals surface area contributed by atoms with Crippen LogP contribution in [0.1, 0.15) is 43.0 Å². The monoisotopic (exact) mass is 328 g/mol. The first-order chi connectivity index (χ1) is 11.8. The van der Waals surface area contributed by atoms with Gasteiger partial charge in [0.15, 0.2) is 0 Å². The van der Waals surface area contributed by atoms with Gasteiger partial charge in [-0.15, -0.1) is 0 Å². The molecule has 2 N–H and O–H groups in total. The third kappa shape index (κ3) is 3.76. The number of H-pyrrole nitrogens is 1. The summed E-state index contributed by atoms with van der Waals surface area (Å²) in [7, 11) is 0. The predicted octanol–water partition coefficient (Wildman–Crippen LogP) is 3.42. The van der Waals surface area contributed by atoms with Crippen molar-refractivity contribution < 1.29 is 9.63 Å². The van der Waals surface area contributed by atoms with Gasteiger partial charge in [0.1, 0.15) is 0 Å². The topological polar surface area (TPSA) is 70.2 Å². The number of carbonyl (C=O) groups excluding carboxylic acids is 1.